The van der Waals surface area contributed by atoms with Gasteiger partial charge in [0.05, 0.1) is 12.6 Å². The third kappa shape index (κ3) is 4.74. The SMILES string of the molecule is C[C@@H](OC(c1ccccc1)(c1ccccc1)c1ccccc1)[C@@](O)(Cn1cncn1)c1ccc(F)cc1F. The number of benzene rings is 4. The van der Waals surface area contributed by atoms with Gasteiger partial charge in [-0.2, -0.15) is 5.10 Å². The van der Waals surface area contributed by atoms with Crippen LogP contribution < -0.4 is 0 Å². The Kier molecular flexibility index (Phi) is 7.13. The molecule has 1 heterocycles. The van der Waals surface area contributed by atoms with E-state index in [4.69, 9.17) is 4.74 Å². The Morgan fingerprint density at radius 2 is 1.34 bits per heavy atom. The topological polar surface area (TPSA) is 60.2 Å². The van der Waals surface area contributed by atoms with Crippen LogP contribution in [-0.4, -0.2) is 26.0 Å². The number of halogens is 2. The van der Waals surface area contributed by atoms with Gasteiger partial charge >= 0.3 is 0 Å². The zero-order chi connectivity index (χ0) is 26.6. The molecule has 0 saturated carbocycles. The average molecular weight is 512 g/mol. The predicted molar refractivity (Wildman–Crippen MR) is 140 cm³/mol. The lowest BCUT2D eigenvalue weighted by Gasteiger charge is -2.43. The first-order chi connectivity index (χ1) is 18.4. The number of rotatable bonds is 9. The Morgan fingerprint density at radius 1 is 0.816 bits per heavy atom. The normalized spacial score (nSPS) is 14.1. The van der Waals surface area contributed by atoms with Crippen LogP contribution in [0.25, 0.3) is 0 Å². The fourth-order valence-electron chi connectivity index (χ4n) is 4.92. The molecule has 0 aliphatic heterocycles. The van der Waals surface area contributed by atoms with Crippen molar-refractivity contribution < 1.29 is 18.6 Å². The van der Waals surface area contributed by atoms with Crippen molar-refractivity contribution in [2.24, 2.45) is 0 Å². The van der Waals surface area contributed by atoms with E-state index in [0.717, 1.165) is 28.8 Å². The largest absolute Gasteiger partial charge is 0.380 e. The molecule has 0 radical (unpaired) electrons. The van der Waals surface area contributed by atoms with E-state index in [0.29, 0.717) is 0 Å². The summed E-state index contributed by atoms with van der Waals surface area (Å²) >= 11 is 0. The van der Waals surface area contributed by atoms with Crippen LogP contribution in [0.15, 0.2) is 122 Å². The second kappa shape index (κ2) is 10.7. The van der Waals surface area contributed by atoms with Gasteiger partial charge in [0.25, 0.3) is 0 Å². The fraction of sp³-hybridized carbons (Fsp3) is 0.161. The highest BCUT2D eigenvalue weighted by atomic mass is 19.1. The molecule has 1 N–H and O–H groups in total. The lowest BCUT2D eigenvalue weighted by atomic mass is 9.79. The van der Waals surface area contributed by atoms with Gasteiger partial charge in [-0.3, -0.25) is 0 Å². The third-order valence-corrected chi connectivity index (χ3v) is 6.83. The summed E-state index contributed by atoms with van der Waals surface area (Å²) in [6, 6.07) is 32.2. The zero-order valence-corrected chi connectivity index (χ0v) is 20.8. The van der Waals surface area contributed by atoms with Crippen molar-refractivity contribution in [3.63, 3.8) is 0 Å². The zero-order valence-electron chi connectivity index (χ0n) is 20.8. The Labute approximate surface area is 220 Å². The van der Waals surface area contributed by atoms with E-state index in [1.54, 1.807) is 6.92 Å². The first kappa shape index (κ1) is 25.4. The summed E-state index contributed by atoms with van der Waals surface area (Å²) in [5.74, 6) is -1.62. The Bertz CT molecular complexity index is 1370. The molecule has 0 spiro atoms. The van der Waals surface area contributed by atoms with E-state index in [-0.39, 0.29) is 12.1 Å². The molecule has 0 aliphatic carbocycles. The van der Waals surface area contributed by atoms with Gasteiger partial charge in [-0.15, -0.1) is 0 Å². The van der Waals surface area contributed by atoms with Crippen LogP contribution in [0, 0.1) is 11.6 Å². The lowest BCUT2D eigenvalue weighted by molar-refractivity contribution is -0.159. The molecule has 5 rings (SSSR count). The number of aliphatic hydroxyl groups is 1. The van der Waals surface area contributed by atoms with Crippen LogP contribution in [0.5, 0.6) is 0 Å². The van der Waals surface area contributed by atoms with E-state index in [2.05, 4.69) is 10.1 Å². The van der Waals surface area contributed by atoms with E-state index in [9.17, 15) is 9.50 Å². The summed E-state index contributed by atoms with van der Waals surface area (Å²) in [5, 5.41) is 16.3. The fourth-order valence-corrected chi connectivity index (χ4v) is 4.92. The predicted octanol–water partition coefficient (Wildman–Crippen LogP) is 5.84. The quantitative estimate of drug-likeness (QED) is 0.253. The molecule has 0 aliphatic rings. The first-order valence-electron chi connectivity index (χ1n) is 12.3. The number of hydrogen-bond acceptors (Lipinski definition) is 4. The molecule has 0 unspecified atom stereocenters. The van der Waals surface area contributed by atoms with Gasteiger partial charge in [0.2, 0.25) is 0 Å². The summed E-state index contributed by atoms with van der Waals surface area (Å²) < 4.78 is 37.5. The van der Waals surface area contributed by atoms with Crippen molar-refractivity contribution in [3.8, 4) is 0 Å². The van der Waals surface area contributed by atoms with Crippen LogP contribution in [0.2, 0.25) is 0 Å². The molecule has 5 nitrogen and oxygen atoms in total. The monoisotopic (exact) mass is 511 g/mol. The minimum absolute atomic E-state index is 0.106. The van der Waals surface area contributed by atoms with Crippen molar-refractivity contribution in [3.05, 3.63) is 156 Å². The highest BCUT2D eigenvalue weighted by Gasteiger charge is 2.47. The number of hydrogen-bond donors (Lipinski definition) is 1. The van der Waals surface area contributed by atoms with E-state index >= 15 is 4.39 Å². The van der Waals surface area contributed by atoms with Gasteiger partial charge in [0.15, 0.2) is 0 Å². The molecule has 4 aromatic carbocycles. The van der Waals surface area contributed by atoms with Crippen molar-refractivity contribution in [2.45, 2.75) is 30.8 Å². The molecule has 2 atom stereocenters. The number of aromatic nitrogens is 3. The van der Waals surface area contributed by atoms with Gasteiger partial charge < -0.3 is 9.84 Å². The molecule has 0 saturated heterocycles. The van der Waals surface area contributed by atoms with Gasteiger partial charge in [0.1, 0.15) is 35.5 Å². The van der Waals surface area contributed by atoms with Crippen molar-refractivity contribution in [1.29, 1.82) is 0 Å². The van der Waals surface area contributed by atoms with Crippen LogP contribution in [0.1, 0.15) is 29.2 Å². The lowest BCUT2D eigenvalue weighted by Crippen LogP contribution is -2.48. The second-order valence-electron chi connectivity index (χ2n) is 9.18. The van der Waals surface area contributed by atoms with Gasteiger partial charge in [-0.25, -0.2) is 18.4 Å². The summed E-state index contributed by atoms with van der Waals surface area (Å²) in [4.78, 5) is 3.96. The Balaban J connectivity index is 1.71. The molecule has 5 aromatic rings. The molecule has 0 amide bonds. The summed E-state index contributed by atoms with van der Waals surface area (Å²) in [5.41, 5.74) is -0.749. The van der Waals surface area contributed by atoms with E-state index in [1.807, 2.05) is 91.0 Å². The van der Waals surface area contributed by atoms with Crippen molar-refractivity contribution in [2.75, 3.05) is 0 Å². The number of ether oxygens (including phenoxy) is 1. The van der Waals surface area contributed by atoms with Crippen molar-refractivity contribution >= 4 is 0 Å². The maximum Gasteiger partial charge on any atom is 0.144 e. The molecular weight excluding hydrogens is 484 g/mol. The number of nitrogens with zero attached hydrogens (tertiary/aromatic N) is 3. The van der Waals surface area contributed by atoms with Crippen LogP contribution >= 0.6 is 0 Å². The van der Waals surface area contributed by atoms with Gasteiger partial charge in [0, 0.05) is 11.6 Å². The minimum atomic E-state index is -1.95. The summed E-state index contributed by atoms with van der Waals surface area (Å²) in [7, 11) is 0. The maximum atomic E-state index is 15.2. The minimum Gasteiger partial charge on any atom is -0.380 e. The molecule has 0 fully saturated rings. The molecule has 1 aromatic heterocycles. The average Bonchev–Trinajstić information content (AvgIpc) is 3.45. The first-order valence-corrected chi connectivity index (χ1v) is 12.3. The van der Waals surface area contributed by atoms with Crippen LogP contribution in [0.4, 0.5) is 8.78 Å². The van der Waals surface area contributed by atoms with Gasteiger partial charge in [-0.05, 0) is 29.7 Å². The second-order valence-corrected chi connectivity index (χ2v) is 9.18. The maximum absolute atomic E-state index is 15.2. The van der Waals surface area contributed by atoms with Crippen LogP contribution in [-0.2, 0) is 22.5 Å². The molecule has 38 heavy (non-hydrogen) atoms. The summed E-state index contributed by atoms with van der Waals surface area (Å²) in [6.45, 7) is 1.51. The standard InChI is InChI=1S/C31H27F2N3O2/c1-23(30(37,20-36-22-34-21-35-36)28-18-17-27(32)19-29(28)33)38-31(24-11-5-2-6-12-24,25-13-7-3-8-14-25)26-15-9-4-10-16-26/h2-19,21-23,37H,20H2,1H3/t23-,30+/m1/s1. The highest BCUT2D eigenvalue weighted by molar-refractivity contribution is 5.47. The van der Waals surface area contributed by atoms with Gasteiger partial charge in [-0.1, -0.05) is 97.1 Å². The molecule has 192 valence electrons. The van der Waals surface area contributed by atoms with Crippen molar-refractivity contribution in [1.82, 2.24) is 14.8 Å². The van der Waals surface area contributed by atoms with E-state index in [1.165, 1.54) is 23.4 Å². The summed E-state index contributed by atoms with van der Waals surface area (Å²) in [6.07, 6.45) is 1.74. The smallest absolute Gasteiger partial charge is 0.144 e. The third-order valence-electron chi connectivity index (χ3n) is 6.83. The molecular formula is C31H27F2N3O2. The molecule has 0 bridgehead atoms. The Hall–Kier alpha value is -4.20. The van der Waals surface area contributed by atoms with Crippen LogP contribution in [0.3, 0.4) is 0 Å². The highest BCUT2D eigenvalue weighted by Crippen LogP contribution is 2.44. The Morgan fingerprint density at radius 3 is 1.79 bits per heavy atom. The van der Waals surface area contributed by atoms with E-state index < -0.39 is 28.9 Å². The molecule has 7 heteroatoms.